The molecular formula is C12H22N2O4. The van der Waals surface area contributed by atoms with Gasteiger partial charge in [0.2, 0.25) is 0 Å². The predicted octanol–water partition coefficient (Wildman–Crippen LogP) is 0.662. The van der Waals surface area contributed by atoms with E-state index < -0.39 is 6.09 Å². The number of esters is 1. The summed E-state index contributed by atoms with van der Waals surface area (Å²) >= 11 is 0. The number of alkyl carbamates (subject to hydrolysis) is 1. The Labute approximate surface area is 107 Å². The van der Waals surface area contributed by atoms with E-state index in [1.54, 1.807) is 0 Å². The van der Waals surface area contributed by atoms with Crippen LogP contribution >= 0.6 is 0 Å². The highest BCUT2D eigenvalue weighted by Gasteiger charge is 2.31. The molecule has 2 unspecified atom stereocenters. The summed E-state index contributed by atoms with van der Waals surface area (Å²) in [7, 11) is 1.35. The van der Waals surface area contributed by atoms with Gasteiger partial charge in [-0.2, -0.15) is 0 Å². The zero-order valence-corrected chi connectivity index (χ0v) is 11.2. The summed E-state index contributed by atoms with van der Waals surface area (Å²) in [5.74, 6) is 0.210. The number of nitrogens with one attached hydrogen (secondary N) is 2. The molecule has 0 aliphatic carbocycles. The Morgan fingerprint density at radius 1 is 1.44 bits per heavy atom. The maximum Gasteiger partial charge on any atom is 0.407 e. The normalized spacial score (nSPS) is 22.9. The van der Waals surface area contributed by atoms with Crippen molar-refractivity contribution in [3.8, 4) is 0 Å². The first kappa shape index (κ1) is 14.8. The third kappa shape index (κ3) is 4.91. The van der Waals surface area contributed by atoms with Gasteiger partial charge >= 0.3 is 12.1 Å². The Bertz CT molecular complexity index is 294. The van der Waals surface area contributed by atoms with Crippen LogP contribution in [0, 0.1) is 5.92 Å². The maximum absolute atomic E-state index is 11.4. The van der Waals surface area contributed by atoms with Crippen LogP contribution in [-0.4, -0.2) is 44.4 Å². The van der Waals surface area contributed by atoms with Crippen molar-refractivity contribution in [2.24, 2.45) is 5.92 Å². The van der Waals surface area contributed by atoms with Crippen molar-refractivity contribution >= 4 is 12.1 Å². The van der Waals surface area contributed by atoms with Gasteiger partial charge in [0.1, 0.15) is 6.04 Å². The minimum absolute atomic E-state index is 0.0827. The highest BCUT2D eigenvalue weighted by molar-refractivity contribution is 5.76. The fourth-order valence-corrected chi connectivity index (χ4v) is 1.76. The number of carbonyl (C=O) groups is 2. The second-order valence-electron chi connectivity index (χ2n) is 4.88. The van der Waals surface area contributed by atoms with E-state index >= 15 is 0 Å². The minimum atomic E-state index is -0.423. The SMILES string of the molecule is COC(=O)C1CC(NC(=O)OCCC(C)C)CN1. The van der Waals surface area contributed by atoms with Crippen LogP contribution in [0.5, 0.6) is 0 Å². The lowest BCUT2D eigenvalue weighted by atomic mass is 10.1. The van der Waals surface area contributed by atoms with E-state index in [9.17, 15) is 9.59 Å². The second-order valence-corrected chi connectivity index (χ2v) is 4.88. The minimum Gasteiger partial charge on any atom is -0.468 e. The molecule has 2 atom stereocenters. The maximum atomic E-state index is 11.4. The molecule has 1 heterocycles. The molecule has 6 heteroatoms. The van der Waals surface area contributed by atoms with Gasteiger partial charge in [-0.25, -0.2) is 4.79 Å². The number of carbonyl (C=O) groups excluding carboxylic acids is 2. The number of rotatable bonds is 5. The molecule has 1 aliphatic heterocycles. The summed E-state index contributed by atoms with van der Waals surface area (Å²) < 4.78 is 9.68. The van der Waals surface area contributed by atoms with Crippen LogP contribution in [-0.2, 0) is 14.3 Å². The molecule has 104 valence electrons. The average Bonchev–Trinajstić information content (AvgIpc) is 2.76. The van der Waals surface area contributed by atoms with Crippen LogP contribution in [0.15, 0.2) is 0 Å². The molecule has 1 amide bonds. The average molecular weight is 258 g/mol. The predicted molar refractivity (Wildman–Crippen MR) is 66.2 cm³/mol. The van der Waals surface area contributed by atoms with Crippen molar-refractivity contribution in [3.05, 3.63) is 0 Å². The molecule has 1 rings (SSSR count). The van der Waals surface area contributed by atoms with E-state index in [2.05, 4.69) is 29.2 Å². The summed E-state index contributed by atoms with van der Waals surface area (Å²) in [6.07, 6.45) is 0.959. The Morgan fingerprint density at radius 2 is 2.17 bits per heavy atom. The molecule has 1 aliphatic rings. The summed E-state index contributed by atoms with van der Waals surface area (Å²) in [4.78, 5) is 22.7. The van der Waals surface area contributed by atoms with Gasteiger partial charge in [0.05, 0.1) is 13.7 Å². The van der Waals surface area contributed by atoms with Crippen molar-refractivity contribution in [1.82, 2.24) is 10.6 Å². The van der Waals surface area contributed by atoms with E-state index in [-0.39, 0.29) is 18.1 Å². The smallest absolute Gasteiger partial charge is 0.407 e. The van der Waals surface area contributed by atoms with Gasteiger partial charge in [-0.3, -0.25) is 4.79 Å². The lowest BCUT2D eigenvalue weighted by molar-refractivity contribution is -0.142. The first-order valence-electron chi connectivity index (χ1n) is 6.27. The van der Waals surface area contributed by atoms with E-state index in [1.807, 2.05) is 0 Å². The van der Waals surface area contributed by atoms with Crippen molar-refractivity contribution in [2.45, 2.75) is 38.8 Å². The standard InChI is InChI=1S/C12H22N2O4/c1-8(2)4-5-18-12(16)14-9-6-10(13-7-9)11(15)17-3/h8-10,13H,4-7H2,1-3H3,(H,14,16). The molecule has 1 fully saturated rings. The zero-order chi connectivity index (χ0) is 13.5. The number of methoxy groups -OCH3 is 1. The lowest BCUT2D eigenvalue weighted by Crippen LogP contribution is -2.36. The molecule has 0 aromatic rings. The van der Waals surface area contributed by atoms with Gasteiger partial charge in [0, 0.05) is 12.6 Å². The van der Waals surface area contributed by atoms with Gasteiger partial charge in [-0.1, -0.05) is 13.8 Å². The molecule has 0 spiro atoms. The number of ether oxygens (including phenoxy) is 2. The molecule has 18 heavy (non-hydrogen) atoms. The summed E-state index contributed by atoms with van der Waals surface area (Å²) in [5.41, 5.74) is 0. The molecular weight excluding hydrogens is 236 g/mol. The molecule has 0 aromatic carbocycles. The van der Waals surface area contributed by atoms with Crippen LogP contribution < -0.4 is 10.6 Å². The first-order valence-corrected chi connectivity index (χ1v) is 6.27. The van der Waals surface area contributed by atoms with Crippen LogP contribution in [0.4, 0.5) is 4.79 Å². The highest BCUT2D eigenvalue weighted by Crippen LogP contribution is 2.08. The van der Waals surface area contributed by atoms with Gasteiger partial charge in [-0.15, -0.1) is 0 Å². The van der Waals surface area contributed by atoms with Gasteiger partial charge in [-0.05, 0) is 18.8 Å². The van der Waals surface area contributed by atoms with Gasteiger partial charge < -0.3 is 20.1 Å². The van der Waals surface area contributed by atoms with Gasteiger partial charge in [0.25, 0.3) is 0 Å². The Morgan fingerprint density at radius 3 is 2.78 bits per heavy atom. The van der Waals surface area contributed by atoms with E-state index in [1.165, 1.54) is 7.11 Å². The zero-order valence-electron chi connectivity index (χ0n) is 11.2. The fourth-order valence-electron chi connectivity index (χ4n) is 1.76. The summed E-state index contributed by atoms with van der Waals surface area (Å²) in [5, 5.41) is 5.72. The van der Waals surface area contributed by atoms with Crippen molar-refractivity contribution < 1.29 is 19.1 Å². The molecule has 6 nitrogen and oxygen atoms in total. The number of hydrogen-bond acceptors (Lipinski definition) is 5. The molecule has 1 saturated heterocycles. The van der Waals surface area contributed by atoms with E-state index in [4.69, 9.17) is 4.74 Å². The molecule has 0 saturated carbocycles. The Kier molecular flexibility index (Phi) is 5.91. The third-order valence-electron chi connectivity index (χ3n) is 2.87. The fraction of sp³-hybridized carbons (Fsp3) is 0.833. The first-order chi connectivity index (χ1) is 8.52. The van der Waals surface area contributed by atoms with E-state index in [0.29, 0.717) is 25.5 Å². The van der Waals surface area contributed by atoms with Crippen molar-refractivity contribution in [3.63, 3.8) is 0 Å². The van der Waals surface area contributed by atoms with Crippen LogP contribution in [0.3, 0.4) is 0 Å². The summed E-state index contributed by atoms with van der Waals surface area (Å²) in [6.45, 7) is 5.12. The van der Waals surface area contributed by atoms with Gasteiger partial charge in [0.15, 0.2) is 0 Å². The number of hydrogen-bond donors (Lipinski definition) is 2. The second kappa shape index (κ2) is 7.20. The molecule has 0 radical (unpaired) electrons. The molecule has 0 aromatic heterocycles. The quantitative estimate of drug-likeness (QED) is 0.708. The van der Waals surface area contributed by atoms with E-state index in [0.717, 1.165) is 6.42 Å². The number of amides is 1. The van der Waals surface area contributed by atoms with Crippen LogP contribution in [0.1, 0.15) is 26.7 Å². The van der Waals surface area contributed by atoms with Crippen molar-refractivity contribution in [1.29, 1.82) is 0 Å². The Balaban J connectivity index is 2.20. The van der Waals surface area contributed by atoms with Crippen molar-refractivity contribution in [2.75, 3.05) is 20.3 Å². The molecule has 0 bridgehead atoms. The third-order valence-corrected chi connectivity index (χ3v) is 2.87. The van der Waals surface area contributed by atoms with Crippen LogP contribution in [0.2, 0.25) is 0 Å². The van der Waals surface area contributed by atoms with Crippen LogP contribution in [0.25, 0.3) is 0 Å². The highest BCUT2D eigenvalue weighted by atomic mass is 16.5. The topological polar surface area (TPSA) is 76.7 Å². The largest absolute Gasteiger partial charge is 0.468 e. The Hall–Kier alpha value is -1.30. The summed E-state index contributed by atoms with van der Waals surface area (Å²) in [6, 6.07) is -0.420. The lowest BCUT2D eigenvalue weighted by Gasteiger charge is -2.12. The monoisotopic (exact) mass is 258 g/mol. The molecule has 2 N–H and O–H groups in total.